The molecule has 1 atom stereocenters. The highest BCUT2D eigenvalue weighted by Gasteiger charge is 2.36. The number of carbonyl (C=O) groups is 3. The summed E-state index contributed by atoms with van der Waals surface area (Å²) in [5.41, 5.74) is 0.319. The summed E-state index contributed by atoms with van der Waals surface area (Å²) >= 11 is 1.26. The van der Waals surface area contributed by atoms with Gasteiger partial charge in [-0.05, 0) is 67.6 Å². The first-order valence-corrected chi connectivity index (χ1v) is 12.6. The van der Waals surface area contributed by atoms with E-state index < -0.39 is 17.8 Å². The fraction of sp³-hybridized carbons (Fsp3) is 0.346. The average Bonchev–Trinajstić information content (AvgIpc) is 3.54. The third-order valence-electron chi connectivity index (χ3n) is 6.01. The van der Waals surface area contributed by atoms with Crippen LogP contribution in [0, 0.1) is 12.7 Å². The largest absolute Gasteiger partial charge is 0.464 e. The van der Waals surface area contributed by atoms with Gasteiger partial charge in [0.1, 0.15) is 17.3 Å². The zero-order valence-electron chi connectivity index (χ0n) is 19.5. The summed E-state index contributed by atoms with van der Waals surface area (Å²) in [6, 6.07) is 11.0. The minimum absolute atomic E-state index is 0.0125. The molecule has 0 aliphatic heterocycles. The van der Waals surface area contributed by atoms with Crippen LogP contribution in [0.3, 0.4) is 0 Å². The van der Waals surface area contributed by atoms with E-state index in [-0.39, 0.29) is 30.2 Å². The standard InChI is InChI=1S/C26H28FN3O4S/c1-17-9-14-21(34-17)24(26(33)29-19-6-3-2-4-7-19)30(20-12-10-18(27)11-13-20)23(31)16-28-25(32)22-8-5-15-35-22/h5,8-15,19,24H,2-4,6-7,16H2,1H3,(H,28,32)(H,29,33)/t24-/m0/s1. The topological polar surface area (TPSA) is 91.7 Å². The number of nitrogens with one attached hydrogen (secondary N) is 2. The maximum atomic E-state index is 13.7. The zero-order chi connectivity index (χ0) is 24.8. The number of nitrogens with zero attached hydrogens (tertiary/aromatic N) is 1. The molecular formula is C26H28FN3O4S. The minimum atomic E-state index is -1.12. The van der Waals surface area contributed by atoms with Crippen LogP contribution in [0.1, 0.15) is 59.3 Å². The van der Waals surface area contributed by atoms with E-state index in [4.69, 9.17) is 4.42 Å². The van der Waals surface area contributed by atoms with Gasteiger partial charge in [-0.1, -0.05) is 25.3 Å². The molecule has 0 unspecified atom stereocenters. The second-order valence-corrected chi connectivity index (χ2v) is 9.54. The van der Waals surface area contributed by atoms with Gasteiger partial charge in [-0.15, -0.1) is 11.3 Å². The first-order valence-electron chi connectivity index (χ1n) is 11.7. The minimum Gasteiger partial charge on any atom is -0.464 e. The van der Waals surface area contributed by atoms with E-state index in [9.17, 15) is 18.8 Å². The van der Waals surface area contributed by atoms with Crippen molar-refractivity contribution in [2.45, 2.75) is 51.1 Å². The molecule has 1 fully saturated rings. The van der Waals surface area contributed by atoms with Crippen LogP contribution in [0.5, 0.6) is 0 Å². The summed E-state index contributed by atoms with van der Waals surface area (Å²) in [6.45, 7) is 1.41. The Bertz CT molecular complexity index is 1150. The van der Waals surface area contributed by atoms with E-state index in [1.54, 1.807) is 36.6 Å². The summed E-state index contributed by atoms with van der Waals surface area (Å²) < 4.78 is 19.5. The molecule has 2 heterocycles. The van der Waals surface area contributed by atoms with E-state index in [0.29, 0.717) is 16.3 Å². The van der Waals surface area contributed by atoms with Crippen molar-refractivity contribution in [2.75, 3.05) is 11.4 Å². The molecule has 3 amide bonds. The fourth-order valence-corrected chi connectivity index (χ4v) is 4.92. The molecule has 0 bridgehead atoms. The van der Waals surface area contributed by atoms with Crippen LogP contribution in [0.4, 0.5) is 10.1 Å². The highest BCUT2D eigenvalue weighted by Crippen LogP contribution is 2.30. The lowest BCUT2D eigenvalue weighted by molar-refractivity contribution is -0.127. The Kier molecular flexibility index (Phi) is 7.97. The highest BCUT2D eigenvalue weighted by molar-refractivity contribution is 7.12. The Morgan fingerprint density at radius 1 is 1.09 bits per heavy atom. The van der Waals surface area contributed by atoms with E-state index in [0.717, 1.165) is 32.1 Å². The van der Waals surface area contributed by atoms with Crippen LogP contribution in [-0.4, -0.2) is 30.3 Å². The number of amides is 3. The summed E-state index contributed by atoms with van der Waals surface area (Å²) in [4.78, 5) is 41.3. The van der Waals surface area contributed by atoms with Crippen molar-refractivity contribution in [2.24, 2.45) is 0 Å². The third-order valence-corrected chi connectivity index (χ3v) is 6.88. The van der Waals surface area contributed by atoms with E-state index >= 15 is 0 Å². The number of aryl methyl sites for hydroxylation is 1. The molecule has 9 heteroatoms. The second kappa shape index (κ2) is 11.3. The molecule has 3 aromatic rings. The van der Waals surface area contributed by atoms with Crippen molar-refractivity contribution in [3.8, 4) is 0 Å². The quantitative estimate of drug-likeness (QED) is 0.470. The molecule has 4 rings (SSSR count). The van der Waals surface area contributed by atoms with Crippen LogP contribution < -0.4 is 15.5 Å². The Balaban J connectivity index is 1.64. The number of hydrogen-bond donors (Lipinski definition) is 2. The smallest absolute Gasteiger partial charge is 0.261 e. The monoisotopic (exact) mass is 497 g/mol. The van der Waals surface area contributed by atoms with Gasteiger partial charge in [0.05, 0.1) is 11.4 Å². The molecule has 7 nitrogen and oxygen atoms in total. The lowest BCUT2D eigenvalue weighted by Gasteiger charge is -2.32. The number of carbonyl (C=O) groups excluding carboxylic acids is 3. The number of hydrogen-bond acceptors (Lipinski definition) is 5. The summed E-state index contributed by atoms with van der Waals surface area (Å²) in [7, 11) is 0. The van der Waals surface area contributed by atoms with Gasteiger partial charge in [-0.2, -0.15) is 0 Å². The first kappa shape index (κ1) is 24.7. The molecule has 1 aromatic carbocycles. The number of rotatable bonds is 8. The van der Waals surface area contributed by atoms with Crippen molar-refractivity contribution >= 4 is 34.7 Å². The van der Waals surface area contributed by atoms with Gasteiger partial charge in [0.2, 0.25) is 5.91 Å². The summed E-state index contributed by atoms with van der Waals surface area (Å²) in [5.74, 6) is -0.882. The first-order chi connectivity index (χ1) is 16.9. The maximum absolute atomic E-state index is 13.7. The van der Waals surface area contributed by atoms with Crippen LogP contribution >= 0.6 is 11.3 Å². The van der Waals surface area contributed by atoms with Gasteiger partial charge in [0.15, 0.2) is 6.04 Å². The Labute approximate surface area is 207 Å². The van der Waals surface area contributed by atoms with Crippen LogP contribution in [0.2, 0.25) is 0 Å². The molecule has 184 valence electrons. The molecule has 0 radical (unpaired) electrons. The predicted octanol–water partition coefficient (Wildman–Crippen LogP) is 4.74. The molecule has 35 heavy (non-hydrogen) atoms. The third kappa shape index (κ3) is 6.16. The molecule has 2 N–H and O–H groups in total. The summed E-state index contributed by atoms with van der Waals surface area (Å²) in [5, 5.41) is 7.47. The van der Waals surface area contributed by atoms with Crippen LogP contribution in [0.15, 0.2) is 58.3 Å². The average molecular weight is 498 g/mol. The molecule has 0 spiro atoms. The lowest BCUT2D eigenvalue weighted by Crippen LogP contribution is -2.49. The number of furan rings is 1. The molecule has 1 aliphatic carbocycles. The van der Waals surface area contributed by atoms with E-state index in [2.05, 4.69) is 10.6 Å². The predicted molar refractivity (Wildman–Crippen MR) is 132 cm³/mol. The Morgan fingerprint density at radius 2 is 1.83 bits per heavy atom. The molecule has 0 saturated heterocycles. The van der Waals surface area contributed by atoms with Crippen molar-refractivity contribution in [1.82, 2.24) is 10.6 Å². The maximum Gasteiger partial charge on any atom is 0.261 e. The molecular weight excluding hydrogens is 469 g/mol. The summed E-state index contributed by atoms with van der Waals surface area (Å²) in [6.07, 6.45) is 4.95. The van der Waals surface area contributed by atoms with Gasteiger partial charge < -0.3 is 15.1 Å². The van der Waals surface area contributed by atoms with Gasteiger partial charge in [0.25, 0.3) is 11.8 Å². The van der Waals surface area contributed by atoms with Crippen molar-refractivity contribution in [3.05, 3.63) is 76.1 Å². The van der Waals surface area contributed by atoms with Crippen molar-refractivity contribution in [1.29, 1.82) is 0 Å². The van der Waals surface area contributed by atoms with Crippen LogP contribution in [0.25, 0.3) is 0 Å². The SMILES string of the molecule is Cc1ccc([C@@H](C(=O)NC2CCCCC2)N(C(=O)CNC(=O)c2cccs2)c2ccc(F)cc2)o1. The van der Waals surface area contributed by atoms with Gasteiger partial charge >= 0.3 is 0 Å². The van der Waals surface area contributed by atoms with Crippen molar-refractivity contribution < 1.29 is 23.2 Å². The van der Waals surface area contributed by atoms with E-state index in [1.807, 2.05) is 0 Å². The normalized spacial score (nSPS) is 14.8. The number of benzene rings is 1. The van der Waals surface area contributed by atoms with Gasteiger partial charge in [0, 0.05) is 11.7 Å². The van der Waals surface area contributed by atoms with Gasteiger partial charge in [-0.3, -0.25) is 19.3 Å². The van der Waals surface area contributed by atoms with Crippen molar-refractivity contribution in [3.63, 3.8) is 0 Å². The van der Waals surface area contributed by atoms with Gasteiger partial charge in [-0.25, -0.2) is 4.39 Å². The molecule has 1 saturated carbocycles. The second-order valence-electron chi connectivity index (χ2n) is 8.59. The number of anilines is 1. The number of thiophene rings is 1. The Hall–Kier alpha value is -3.46. The van der Waals surface area contributed by atoms with Crippen LogP contribution in [-0.2, 0) is 9.59 Å². The highest BCUT2D eigenvalue weighted by atomic mass is 32.1. The molecule has 1 aliphatic rings. The fourth-order valence-electron chi connectivity index (χ4n) is 4.28. The van der Waals surface area contributed by atoms with E-state index in [1.165, 1.54) is 40.5 Å². The Morgan fingerprint density at radius 3 is 2.46 bits per heavy atom. The molecule has 2 aromatic heterocycles. The zero-order valence-corrected chi connectivity index (χ0v) is 20.3. The number of halogens is 1. The lowest BCUT2D eigenvalue weighted by atomic mass is 9.95.